The maximum atomic E-state index is 11.5. The van der Waals surface area contributed by atoms with E-state index in [4.69, 9.17) is 0 Å². The van der Waals surface area contributed by atoms with E-state index in [-0.39, 0.29) is 16.9 Å². The van der Waals surface area contributed by atoms with Crippen LogP contribution in [0.3, 0.4) is 0 Å². The van der Waals surface area contributed by atoms with Gasteiger partial charge in [-0.15, -0.1) is 0 Å². The van der Waals surface area contributed by atoms with Gasteiger partial charge in [0.25, 0.3) is 0 Å². The van der Waals surface area contributed by atoms with Gasteiger partial charge in [-0.2, -0.15) is 0 Å². The Kier molecular flexibility index (Phi) is 3.72. The summed E-state index contributed by atoms with van der Waals surface area (Å²) in [7, 11) is 0. The van der Waals surface area contributed by atoms with Crippen LogP contribution in [0.5, 0.6) is 5.75 Å². The molecule has 0 radical (unpaired) electrons. The van der Waals surface area contributed by atoms with Crippen LogP contribution in [0, 0.1) is 5.41 Å². The molecule has 0 spiro atoms. The first-order valence-electron chi connectivity index (χ1n) is 5.16. The predicted octanol–water partition coefficient (Wildman–Crippen LogP) is 2.93. The minimum atomic E-state index is -0.364. The molecule has 0 atom stereocenters. The maximum Gasteiger partial charge on any atom is 0.162 e. The lowest BCUT2D eigenvalue weighted by Crippen LogP contribution is -2.17. The molecule has 3 nitrogen and oxygen atoms in total. The van der Waals surface area contributed by atoms with Gasteiger partial charge >= 0.3 is 0 Å². The van der Waals surface area contributed by atoms with Gasteiger partial charge in [-0.05, 0) is 18.2 Å². The molecule has 1 aromatic rings. The van der Waals surface area contributed by atoms with E-state index >= 15 is 0 Å². The van der Waals surface area contributed by atoms with Crippen LogP contribution >= 0.6 is 0 Å². The van der Waals surface area contributed by atoms with E-state index in [0.717, 1.165) is 5.69 Å². The first kappa shape index (κ1) is 12.3. The van der Waals surface area contributed by atoms with E-state index in [9.17, 15) is 9.90 Å². The van der Waals surface area contributed by atoms with E-state index in [1.165, 1.54) is 6.08 Å². The summed E-state index contributed by atoms with van der Waals surface area (Å²) in [6.45, 7) is 5.61. The van der Waals surface area contributed by atoms with Crippen LogP contribution in [0.15, 0.2) is 36.5 Å². The van der Waals surface area contributed by atoms with Gasteiger partial charge < -0.3 is 10.4 Å². The summed E-state index contributed by atoms with van der Waals surface area (Å²) in [5.74, 6) is 0.251. The first-order valence-corrected chi connectivity index (χ1v) is 5.16. The molecule has 1 aromatic carbocycles. The van der Waals surface area contributed by atoms with E-state index in [1.54, 1.807) is 24.4 Å². The summed E-state index contributed by atoms with van der Waals surface area (Å²) >= 11 is 0. The third kappa shape index (κ3) is 3.77. The molecule has 0 aliphatic heterocycles. The zero-order valence-electron chi connectivity index (χ0n) is 9.82. The number of phenols is 1. The van der Waals surface area contributed by atoms with E-state index in [0.29, 0.717) is 0 Å². The summed E-state index contributed by atoms with van der Waals surface area (Å²) in [4.78, 5) is 11.5. The lowest BCUT2D eigenvalue weighted by Gasteiger charge is -2.12. The van der Waals surface area contributed by atoms with Crippen LogP contribution in [0.1, 0.15) is 20.8 Å². The van der Waals surface area contributed by atoms with Crippen molar-refractivity contribution in [2.75, 3.05) is 5.32 Å². The molecule has 0 amide bonds. The third-order valence-corrected chi connectivity index (χ3v) is 2.07. The number of hydrogen-bond donors (Lipinski definition) is 2. The van der Waals surface area contributed by atoms with Gasteiger partial charge in [0.15, 0.2) is 5.78 Å². The Morgan fingerprint density at radius 3 is 2.62 bits per heavy atom. The highest BCUT2D eigenvalue weighted by atomic mass is 16.3. The molecule has 86 valence electrons. The lowest BCUT2D eigenvalue weighted by molar-refractivity contribution is -0.121. The second kappa shape index (κ2) is 4.84. The molecule has 1 rings (SSSR count). The highest BCUT2D eigenvalue weighted by Crippen LogP contribution is 2.17. The van der Waals surface area contributed by atoms with Crippen molar-refractivity contribution in [3.63, 3.8) is 0 Å². The van der Waals surface area contributed by atoms with Gasteiger partial charge in [-0.25, -0.2) is 0 Å². The number of aromatic hydroxyl groups is 1. The maximum absolute atomic E-state index is 11.5. The number of carbonyl (C=O) groups is 1. The average Bonchev–Trinajstić information content (AvgIpc) is 2.16. The second-order valence-corrected chi connectivity index (χ2v) is 4.64. The van der Waals surface area contributed by atoms with Crippen LogP contribution in [-0.2, 0) is 4.79 Å². The van der Waals surface area contributed by atoms with Crippen molar-refractivity contribution < 1.29 is 9.90 Å². The van der Waals surface area contributed by atoms with Crippen LogP contribution in [0.2, 0.25) is 0 Å². The Morgan fingerprint density at radius 2 is 2.06 bits per heavy atom. The Balaban J connectivity index is 2.59. The monoisotopic (exact) mass is 219 g/mol. The number of allylic oxidation sites excluding steroid dienone is 1. The van der Waals surface area contributed by atoms with Gasteiger partial charge in [-0.1, -0.05) is 26.8 Å². The first-order chi connectivity index (χ1) is 7.39. The van der Waals surface area contributed by atoms with Gasteiger partial charge in [0.2, 0.25) is 0 Å². The van der Waals surface area contributed by atoms with Crippen LogP contribution < -0.4 is 5.32 Å². The summed E-state index contributed by atoms with van der Waals surface area (Å²) in [6.07, 6.45) is 3.09. The molecule has 0 heterocycles. The molecule has 0 fully saturated rings. The molecule has 0 aliphatic rings. The van der Waals surface area contributed by atoms with Gasteiger partial charge in [0.1, 0.15) is 5.75 Å². The third-order valence-electron chi connectivity index (χ3n) is 2.07. The number of nitrogens with one attached hydrogen (secondary N) is 1. The highest BCUT2D eigenvalue weighted by molar-refractivity contribution is 5.94. The minimum Gasteiger partial charge on any atom is -0.508 e. The number of carbonyl (C=O) groups excluding carboxylic acids is 1. The zero-order valence-corrected chi connectivity index (χ0v) is 9.82. The quantitative estimate of drug-likeness (QED) is 0.768. The fourth-order valence-electron chi connectivity index (χ4n) is 1.06. The number of ketones is 1. The molecular formula is C13H17NO2. The summed E-state index contributed by atoms with van der Waals surface area (Å²) in [5, 5.41) is 12.1. The van der Waals surface area contributed by atoms with Crippen molar-refractivity contribution in [1.29, 1.82) is 0 Å². The Hall–Kier alpha value is -1.77. The Bertz CT molecular complexity index is 403. The molecule has 0 aromatic heterocycles. The van der Waals surface area contributed by atoms with E-state index in [1.807, 2.05) is 26.8 Å². The van der Waals surface area contributed by atoms with Crippen molar-refractivity contribution >= 4 is 11.5 Å². The van der Waals surface area contributed by atoms with E-state index < -0.39 is 0 Å². The van der Waals surface area contributed by atoms with Gasteiger partial charge in [0.05, 0.1) is 0 Å². The van der Waals surface area contributed by atoms with E-state index in [2.05, 4.69) is 5.32 Å². The molecule has 16 heavy (non-hydrogen) atoms. The standard InChI is InChI=1S/C13H17NO2/c1-13(2,3)12(16)7-8-14-10-5-4-6-11(15)9-10/h4-9,14-15H,1-3H3/b8-7+. The molecule has 3 heteroatoms. The highest BCUT2D eigenvalue weighted by Gasteiger charge is 2.17. The Morgan fingerprint density at radius 1 is 1.38 bits per heavy atom. The number of anilines is 1. The predicted molar refractivity (Wildman–Crippen MR) is 65.3 cm³/mol. The normalized spacial score (nSPS) is 11.7. The van der Waals surface area contributed by atoms with Gasteiger partial charge in [-0.3, -0.25) is 4.79 Å². The number of benzene rings is 1. The Labute approximate surface area is 95.8 Å². The van der Waals surface area contributed by atoms with Gasteiger partial charge in [0, 0.05) is 23.4 Å². The average molecular weight is 219 g/mol. The molecular weight excluding hydrogens is 202 g/mol. The molecule has 2 N–H and O–H groups in total. The van der Waals surface area contributed by atoms with Crippen molar-refractivity contribution in [3.8, 4) is 5.75 Å². The largest absolute Gasteiger partial charge is 0.508 e. The SMILES string of the molecule is CC(C)(C)C(=O)/C=C/Nc1cccc(O)c1. The molecule has 0 aliphatic carbocycles. The molecule has 0 saturated heterocycles. The number of phenolic OH excluding ortho intramolecular Hbond substituents is 1. The lowest BCUT2D eigenvalue weighted by atomic mass is 9.91. The zero-order chi connectivity index (χ0) is 12.2. The van der Waals surface area contributed by atoms with Crippen LogP contribution in [0.25, 0.3) is 0 Å². The topological polar surface area (TPSA) is 49.3 Å². The summed E-state index contributed by atoms with van der Waals surface area (Å²) in [6, 6.07) is 6.73. The van der Waals surface area contributed by atoms with Crippen molar-refractivity contribution in [2.45, 2.75) is 20.8 Å². The minimum absolute atomic E-state index is 0.0557. The fourth-order valence-corrected chi connectivity index (χ4v) is 1.06. The second-order valence-electron chi connectivity index (χ2n) is 4.64. The van der Waals surface area contributed by atoms with Crippen LogP contribution in [-0.4, -0.2) is 10.9 Å². The van der Waals surface area contributed by atoms with Crippen molar-refractivity contribution in [3.05, 3.63) is 36.5 Å². The van der Waals surface area contributed by atoms with Crippen molar-refractivity contribution in [2.24, 2.45) is 5.41 Å². The number of hydrogen-bond acceptors (Lipinski definition) is 3. The molecule has 0 bridgehead atoms. The summed E-state index contributed by atoms with van der Waals surface area (Å²) in [5.41, 5.74) is 0.384. The summed E-state index contributed by atoms with van der Waals surface area (Å²) < 4.78 is 0. The van der Waals surface area contributed by atoms with Crippen molar-refractivity contribution in [1.82, 2.24) is 0 Å². The van der Waals surface area contributed by atoms with Crippen LogP contribution in [0.4, 0.5) is 5.69 Å². The molecule has 0 saturated carbocycles. The molecule has 0 unspecified atom stereocenters. The smallest absolute Gasteiger partial charge is 0.162 e. The fraction of sp³-hybridized carbons (Fsp3) is 0.308. The number of rotatable bonds is 3.